The first kappa shape index (κ1) is 8.17. The maximum Gasteiger partial charge on any atom is 0.111 e. The van der Waals surface area contributed by atoms with E-state index in [1.165, 1.54) is 0 Å². The monoisotopic (exact) mass is 175 g/mol. The third kappa shape index (κ3) is 1.66. The Labute approximate surface area is 77.7 Å². The molecule has 1 aromatic heterocycles. The van der Waals surface area contributed by atoms with Gasteiger partial charge in [-0.05, 0) is 31.6 Å². The zero-order chi connectivity index (χ0) is 9.26. The summed E-state index contributed by atoms with van der Waals surface area (Å²) < 4.78 is 5.54. The molecule has 1 unspecified atom stereocenters. The molecule has 68 valence electrons. The van der Waals surface area contributed by atoms with Crippen LogP contribution >= 0.6 is 0 Å². The molecule has 0 radical (unpaired) electrons. The Balaban J connectivity index is 2.17. The number of allylic oxidation sites excluding steroid dienone is 3. The average Bonchev–Trinajstić information content (AvgIpc) is 2.53. The number of rotatable bonds is 1. The van der Waals surface area contributed by atoms with E-state index in [1.807, 2.05) is 31.2 Å². The van der Waals surface area contributed by atoms with Crippen molar-refractivity contribution in [1.29, 1.82) is 0 Å². The molecular weight excluding hydrogens is 162 g/mol. The lowest BCUT2D eigenvalue weighted by molar-refractivity contribution is 0.466. The average molecular weight is 175 g/mol. The van der Waals surface area contributed by atoms with E-state index in [0.717, 1.165) is 23.6 Å². The van der Waals surface area contributed by atoms with Gasteiger partial charge in [-0.1, -0.05) is 12.2 Å². The Bertz CT molecular complexity index is 360. The Morgan fingerprint density at radius 1 is 1.46 bits per heavy atom. The Morgan fingerprint density at radius 3 is 2.85 bits per heavy atom. The first-order valence-corrected chi connectivity index (χ1v) is 4.46. The highest BCUT2D eigenvalue weighted by atomic mass is 16.3. The maximum atomic E-state index is 5.62. The predicted molar refractivity (Wildman–Crippen MR) is 52.2 cm³/mol. The van der Waals surface area contributed by atoms with Gasteiger partial charge in [-0.3, -0.25) is 0 Å². The van der Waals surface area contributed by atoms with Crippen LogP contribution in [0.5, 0.6) is 0 Å². The minimum atomic E-state index is 0.362. The van der Waals surface area contributed by atoms with E-state index in [4.69, 9.17) is 10.2 Å². The molecule has 1 aliphatic carbocycles. The van der Waals surface area contributed by atoms with Crippen LogP contribution in [-0.4, -0.2) is 0 Å². The predicted octanol–water partition coefficient (Wildman–Crippen LogP) is 2.47. The van der Waals surface area contributed by atoms with Gasteiger partial charge >= 0.3 is 0 Å². The number of furan rings is 1. The van der Waals surface area contributed by atoms with Gasteiger partial charge in [-0.15, -0.1) is 0 Å². The summed E-state index contributed by atoms with van der Waals surface area (Å²) in [6.07, 6.45) is 7.00. The summed E-state index contributed by atoms with van der Waals surface area (Å²) in [5.74, 6) is 2.35. The maximum absolute atomic E-state index is 5.62. The van der Waals surface area contributed by atoms with E-state index >= 15 is 0 Å². The fourth-order valence-corrected chi connectivity index (χ4v) is 1.50. The molecule has 2 heteroatoms. The van der Waals surface area contributed by atoms with Gasteiger partial charge in [-0.25, -0.2) is 0 Å². The van der Waals surface area contributed by atoms with Crippen LogP contribution in [0.25, 0.3) is 0 Å². The molecule has 0 amide bonds. The van der Waals surface area contributed by atoms with Gasteiger partial charge in [0, 0.05) is 11.6 Å². The van der Waals surface area contributed by atoms with E-state index in [-0.39, 0.29) is 0 Å². The minimum absolute atomic E-state index is 0.362. The zero-order valence-electron chi connectivity index (χ0n) is 7.66. The molecule has 1 aromatic rings. The Morgan fingerprint density at radius 2 is 2.31 bits per heavy atom. The number of nitrogens with two attached hydrogens (primary N) is 1. The van der Waals surface area contributed by atoms with Crippen LogP contribution < -0.4 is 5.73 Å². The summed E-state index contributed by atoms with van der Waals surface area (Å²) >= 11 is 0. The lowest BCUT2D eigenvalue weighted by Gasteiger charge is -2.11. The van der Waals surface area contributed by atoms with E-state index in [2.05, 4.69) is 6.08 Å². The molecule has 2 nitrogen and oxygen atoms in total. The number of hydrogen-bond donors (Lipinski definition) is 1. The summed E-state index contributed by atoms with van der Waals surface area (Å²) in [6, 6.07) is 4.02. The minimum Gasteiger partial charge on any atom is -0.466 e. The van der Waals surface area contributed by atoms with Crippen LogP contribution in [0.2, 0.25) is 0 Å². The van der Waals surface area contributed by atoms with Crippen molar-refractivity contribution in [2.24, 2.45) is 5.73 Å². The topological polar surface area (TPSA) is 39.2 Å². The molecule has 0 spiro atoms. The van der Waals surface area contributed by atoms with Crippen LogP contribution in [0, 0.1) is 6.92 Å². The van der Waals surface area contributed by atoms with Gasteiger partial charge in [0.15, 0.2) is 0 Å². The summed E-state index contributed by atoms with van der Waals surface area (Å²) in [6.45, 7) is 1.96. The second-order valence-electron chi connectivity index (χ2n) is 3.35. The Kier molecular flexibility index (Phi) is 1.97. The zero-order valence-corrected chi connectivity index (χ0v) is 7.66. The van der Waals surface area contributed by atoms with Crippen LogP contribution in [-0.2, 0) is 0 Å². The lowest BCUT2D eigenvalue weighted by Crippen LogP contribution is -2.02. The van der Waals surface area contributed by atoms with E-state index in [1.54, 1.807) is 0 Å². The van der Waals surface area contributed by atoms with E-state index in [9.17, 15) is 0 Å². The van der Waals surface area contributed by atoms with Gasteiger partial charge in [0.2, 0.25) is 0 Å². The van der Waals surface area contributed by atoms with Gasteiger partial charge in [0.1, 0.15) is 11.5 Å². The fraction of sp³-hybridized carbons (Fsp3) is 0.273. The van der Waals surface area contributed by atoms with E-state index in [0.29, 0.717) is 5.92 Å². The summed E-state index contributed by atoms with van der Waals surface area (Å²) in [4.78, 5) is 0. The second kappa shape index (κ2) is 3.13. The molecule has 2 rings (SSSR count). The molecule has 0 bridgehead atoms. The van der Waals surface area contributed by atoms with Crippen molar-refractivity contribution in [3.63, 3.8) is 0 Å². The first-order chi connectivity index (χ1) is 6.25. The van der Waals surface area contributed by atoms with E-state index < -0.39 is 0 Å². The highest BCUT2D eigenvalue weighted by Crippen LogP contribution is 2.26. The molecule has 2 N–H and O–H groups in total. The number of aryl methyl sites for hydroxylation is 1. The molecule has 1 aliphatic rings. The standard InChI is InChI=1S/C11H13NO/c1-8-2-7-11(13-8)9-3-5-10(12)6-4-9/h2-3,5-7,9H,4,12H2,1H3. The first-order valence-electron chi connectivity index (χ1n) is 4.46. The van der Waals surface area contributed by atoms with Crippen molar-refractivity contribution in [2.75, 3.05) is 0 Å². The molecule has 0 aliphatic heterocycles. The normalized spacial score (nSPS) is 21.6. The number of hydrogen-bond acceptors (Lipinski definition) is 2. The molecule has 0 aromatic carbocycles. The summed E-state index contributed by atoms with van der Waals surface area (Å²) in [5, 5.41) is 0. The summed E-state index contributed by atoms with van der Waals surface area (Å²) in [7, 11) is 0. The molecule has 0 fully saturated rings. The second-order valence-corrected chi connectivity index (χ2v) is 3.35. The third-order valence-corrected chi connectivity index (χ3v) is 2.26. The van der Waals surface area contributed by atoms with Crippen LogP contribution in [0.3, 0.4) is 0 Å². The molecular formula is C11H13NO. The van der Waals surface area contributed by atoms with Gasteiger partial charge < -0.3 is 10.2 Å². The van der Waals surface area contributed by atoms with Crippen molar-refractivity contribution in [3.05, 3.63) is 47.6 Å². The molecule has 1 atom stereocenters. The fourth-order valence-electron chi connectivity index (χ4n) is 1.50. The SMILES string of the molecule is Cc1ccc(C2C=CC(N)=CC2)o1. The quantitative estimate of drug-likeness (QED) is 0.712. The van der Waals surface area contributed by atoms with Crippen molar-refractivity contribution in [3.8, 4) is 0 Å². The molecule has 0 saturated carbocycles. The van der Waals surface area contributed by atoms with Crippen molar-refractivity contribution in [2.45, 2.75) is 19.3 Å². The van der Waals surface area contributed by atoms with Crippen LogP contribution in [0.1, 0.15) is 23.9 Å². The summed E-state index contributed by atoms with van der Waals surface area (Å²) in [5.41, 5.74) is 6.47. The van der Waals surface area contributed by atoms with Crippen LogP contribution in [0.4, 0.5) is 0 Å². The smallest absolute Gasteiger partial charge is 0.111 e. The molecule has 13 heavy (non-hydrogen) atoms. The molecule has 0 saturated heterocycles. The van der Waals surface area contributed by atoms with Gasteiger partial charge in [-0.2, -0.15) is 0 Å². The largest absolute Gasteiger partial charge is 0.466 e. The van der Waals surface area contributed by atoms with Gasteiger partial charge in [0.05, 0.1) is 0 Å². The highest BCUT2D eigenvalue weighted by molar-refractivity contribution is 5.27. The highest BCUT2D eigenvalue weighted by Gasteiger charge is 2.12. The van der Waals surface area contributed by atoms with Crippen LogP contribution in [0.15, 0.2) is 40.5 Å². The molecule has 1 heterocycles. The van der Waals surface area contributed by atoms with Gasteiger partial charge in [0.25, 0.3) is 0 Å². The van der Waals surface area contributed by atoms with Crippen molar-refractivity contribution < 1.29 is 4.42 Å². The lowest BCUT2D eigenvalue weighted by atomic mass is 9.97. The Hall–Kier alpha value is -1.44. The van der Waals surface area contributed by atoms with Crippen molar-refractivity contribution >= 4 is 0 Å². The van der Waals surface area contributed by atoms with Crippen molar-refractivity contribution in [1.82, 2.24) is 0 Å². The third-order valence-electron chi connectivity index (χ3n) is 2.26.